The van der Waals surface area contributed by atoms with Crippen molar-refractivity contribution in [2.75, 3.05) is 23.7 Å². The summed E-state index contributed by atoms with van der Waals surface area (Å²) >= 11 is 2.13. The lowest BCUT2D eigenvalue weighted by atomic mass is 10.1. The van der Waals surface area contributed by atoms with Gasteiger partial charge in [-0.15, -0.1) is 0 Å². The van der Waals surface area contributed by atoms with Crippen molar-refractivity contribution in [1.82, 2.24) is 10.2 Å². The molecule has 0 radical (unpaired) electrons. The zero-order valence-corrected chi connectivity index (χ0v) is 22.5. The topological polar surface area (TPSA) is 86.8 Å². The van der Waals surface area contributed by atoms with E-state index in [1.54, 1.807) is 24.3 Å². The average molecular weight is 586 g/mol. The van der Waals surface area contributed by atoms with Crippen molar-refractivity contribution in [1.29, 1.82) is 0 Å². The lowest BCUT2D eigenvalue weighted by Crippen LogP contribution is -2.52. The Morgan fingerprint density at radius 2 is 1.64 bits per heavy atom. The van der Waals surface area contributed by atoms with Crippen LogP contribution in [0.15, 0.2) is 54.6 Å². The molecular weight excluding hydrogens is 553 g/mol. The molecule has 2 aromatic carbocycles. The summed E-state index contributed by atoms with van der Waals surface area (Å²) in [4.78, 5) is 28.0. The van der Waals surface area contributed by atoms with Gasteiger partial charge in [0, 0.05) is 16.7 Å². The molecule has 1 N–H and O–H groups in total. The van der Waals surface area contributed by atoms with Gasteiger partial charge >= 0.3 is 0 Å². The minimum atomic E-state index is -3.72. The van der Waals surface area contributed by atoms with Crippen LogP contribution in [0.4, 0.5) is 5.69 Å². The van der Waals surface area contributed by atoms with E-state index < -0.39 is 22.0 Å². The Bertz CT molecular complexity index is 1030. The maximum absolute atomic E-state index is 13.5. The summed E-state index contributed by atoms with van der Waals surface area (Å²) in [7, 11) is -3.72. The number of nitrogens with one attached hydrogen (secondary N) is 1. The second-order valence-electron chi connectivity index (χ2n) is 8.32. The number of carbonyl (C=O) groups is 2. The number of amides is 2. The second-order valence-corrected chi connectivity index (χ2v) is 11.5. The van der Waals surface area contributed by atoms with Gasteiger partial charge in [-0.1, -0.05) is 51.1 Å². The Kier molecular flexibility index (Phi) is 10.2. The Hall–Kier alpha value is -2.14. The first kappa shape index (κ1) is 27.1. The molecule has 33 heavy (non-hydrogen) atoms. The van der Waals surface area contributed by atoms with Crippen LogP contribution in [0.3, 0.4) is 0 Å². The molecule has 0 aromatic heterocycles. The van der Waals surface area contributed by atoms with Gasteiger partial charge in [0.25, 0.3) is 0 Å². The van der Waals surface area contributed by atoms with Gasteiger partial charge in [0.1, 0.15) is 12.6 Å². The number of carbonyl (C=O) groups excluding carboxylic acids is 2. The number of anilines is 1. The lowest BCUT2D eigenvalue weighted by Gasteiger charge is -2.33. The summed E-state index contributed by atoms with van der Waals surface area (Å²) in [6, 6.07) is 15.6. The number of nitrogens with zero attached hydrogens (tertiary/aromatic N) is 2. The minimum absolute atomic E-state index is 0.206. The van der Waals surface area contributed by atoms with Gasteiger partial charge in [0.15, 0.2) is 0 Å². The zero-order chi connectivity index (χ0) is 24.6. The van der Waals surface area contributed by atoms with E-state index in [4.69, 9.17) is 0 Å². The van der Waals surface area contributed by atoms with E-state index in [1.807, 2.05) is 51.1 Å². The van der Waals surface area contributed by atoms with Crippen LogP contribution in [0.1, 0.15) is 32.8 Å². The number of halogens is 1. The van der Waals surface area contributed by atoms with Crippen LogP contribution in [-0.2, 0) is 26.2 Å². The van der Waals surface area contributed by atoms with Crippen molar-refractivity contribution >= 4 is 50.1 Å². The monoisotopic (exact) mass is 585 g/mol. The van der Waals surface area contributed by atoms with E-state index in [2.05, 4.69) is 27.9 Å². The molecule has 0 unspecified atom stereocenters. The second kappa shape index (κ2) is 12.4. The third kappa shape index (κ3) is 8.29. The molecule has 0 saturated carbocycles. The summed E-state index contributed by atoms with van der Waals surface area (Å²) < 4.78 is 27.2. The molecule has 0 aliphatic rings. The summed E-state index contributed by atoms with van der Waals surface area (Å²) in [6.07, 6.45) is 1.48. The largest absolute Gasteiger partial charge is 0.354 e. The van der Waals surface area contributed by atoms with Crippen LogP contribution in [0.5, 0.6) is 0 Å². The molecule has 0 fully saturated rings. The van der Waals surface area contributed by atoms with Gasteiger partial charge in [-0.3, -0.25) is 13.9 Å². The van der Waals surface area contributed by atoms with Crippen molar-refractivity contribution in [2.45, 2.75) is 39.8 Å². The number of sulfonamides is 1. The molecule has 180 valence electrons. The van der Waals surface area contributed by atoms with Crippen LogP contribution >= 0.6 is 22.6 Å². The normalized spacial score (nSPS) is 12.3. The summed E-state index contributed by atoms with van der Waals surface area (Å²) in [5, 5.41) is 2.91. The molecule has 2 aromatic rings. The van der Waals surface area contributed by atoms with E-state index in [0.717, 1.165) is 19.7 Å². The third-order valence-electron chi connectivity index (χ3n) is 5.06. The predicted molar refractivity (Wildman–Crippen MR) is 140 cm³/mol. The summed E-state index contributed by atoms with van der Waals surface area (Å²) in [6.45, 7) is 6.16. The molecule has 0 spiro atoms. The number of rotatable bonds is 11. The van der Waals surface area contributed by atoms with Crippen molar-refractivity contribution in [2.24, 2.45) is 5.92 Å². The SMILES string of the molecule is CC[C@@H](C(=O)NCC(C)C)N(Cc1ccccc1)C(=O)CN(c1ccc(I)cc1)S(C)(=O)=O. The fourth-order valence-corrected chi connectivity index (χ4v) is 4.55. The molecule has 2 amide bonds. The molecular formula is C24H32IN3O4S. The van der Waals surface area contributed by atoms with Gasteiger partial charge < -0.3 is 10.2 Å². The molecule has 0 aliphatic carbocycles. The Morgan fingerprint density at radius 3 is 2.15 bits per heavy atom. The van der Waals surface area contributed by atoms with Crippen LogP contribution in [0, 0.1) is 9.49 Å². The van der Waals surface area contributed by atoms with E-state index in [0.29, 0.717) is 18.7 Å². The lowest BCUT2D eigenvalue weighted by molar-refractivity contribution is -0.140. The molecule has 1 atom stereocenters. The average Bonchev–Trinajstić information content (AvgIpc) is 2.76. The Balaban J connectivity index is 2.37. The Labute approximate surface area is 210 Å². The molecule has 0 aliphatic heterocycles. The maximum atomic E-state index is 13.5. The molecule has 0 saturated heterocycles. The number of hydrogen-bond donors (Lipinski definition) is 1. The van der Waals surface area contributed by atoms with Crippen molar-refractivity contribution in [3.05, 3.63) is 63.7 Å². The highest BCUT2D eigenvalue weighted by Crippen LogP contribution is 2.21. The predicted octanol–water partition coefficient (Wildman–Crippen LogP) is 3.64. The van der Waals surface area contributed by atoms with E-state index in [9.17, 15) is 18.0 Å². The summed E-state index contributed by atoms with van der Waals surface area (Å²) in [5.41, 5.74) is 1.27. The fraction of sp³-hybridized carbons (Fsp3) is 0.417. The highest BCUT2D eigenvalue weighted by Gasteiger charge is 2.31. The van der Waals surface area contributed by atoms with E-state index in [1.165, 1.54) is 4.90 Å². The summed E-state index contributed by atoms with van der Waals surface area (Å²) in [5.74, 6) is -0.406. The van der Waals surface area contributed by atoms with Gasteiger partial charge in [-0.05, 0) is 64.8 Å². The first-order valence-corrected chi connectivity index (χ1v) is 13.8. The standard InChI is InChI=1S/C24H32IN3O4S/c1-5-22(24(30)26-15-18(2)3)27(16-19-9-7-6-8-10-19)23(29)17-28(33(4,31)32)21-13-11-20(25)12-14-21/h6-14,18,22H,5,15-17H2,1-4H3,(H,26,30)/t22-/m0/s1. The smallest absolute Gasteiger partial charge is 0.244 e. The van der Waals surface area contributed by atoms with E-state index in [-0.39, 0.29) is 24.9 Å². The minimum Gasteiger partial charge on any atom is -0.354 e. The first-order valence-electron chi connectivity index (χ1n) is 10.9. The first-order chi connectivity index (χ1) is 15.5. The van der Waals surface area contributed by atoms with Crippen LogP contribution in [0.2, 0.25) is 0 Å². The number of benzene rings is 2. The van der Waals surface area contributed by atoms with Crippen molar-refractivity contribution in [3.63, 3.8) is 0 Å². The maximum Gasteiger partial charge on any atom is 0.244 e. The van der Waals surface area contributed by atoms with Gasteiger partial charge in [-0.25, -0.2) is 8.42 Å². The molecule has 7 nitrogen and oxygen atoms in total. The highest BCUT2D eigenvalue weighted by atomic mass is 127. The molecule has 0 bridgehead atoms. The Morgan fingerprint density at radius 1 is 1.03 bits per heavy atom. The highest BCUT2D eigenvalue weighted by molar-refractivity contribution is 14.1. The third-order valence-corrected chi connectivity index (χ3v) is 6.92. The van der Waals surface area contributed by atoms with Crippen LogP contribution in [-0.4, -0.2) is 50.5 Å². The zero-order valence-electron chi connectivity index (χ0n) is 19.5. The van der Waals surface area contributed by atoms with E-state index >= 15 is 0 Å². The van der Waals surface area contributed by atoms with Crippen molar-refractivity contribution < 1.29 is 18.0 Å². The quantitative estimate of drug-likeness (QED) is 0.409. The van der Waals surface area contributed by atoms with Crippen LogP contribution < -0.4 is 9.62 Å². The van der Waals surface area contributed by atoms with Gasteiger partial charge in [0.2, 0.25) is 21.8 Å². The molecule has 9 heteroatoms. The van der Waals surface area contributed by atoms with Gasteiger partial charge in [-0.2, -0.15) is 0 Å². The van der Waals surface area contributed by atoms with Crippen LogP contribution in [0.25, 0.3) is 0 Å². The van der Waals surface area contributed by atoms with Crippen molar-refractivity contribution in [3.8, 4) is 0 Å². The molecule has 2 rings (SSSR count). The fourth-order valence-electron chi connectivity index (χ4n) is 3.34. The van der Waals surface area contributed by atoms with Gasteiger partial charge in [0.05, 0.1) is 11.9 Å². The number of hydrogen-bond acceptors (Lipinski definition) is 4. The molecule has 0 heterocycles.